The van der Waals surface area contributed by atoms with Gasteiger partial charge in [-0.15, -0.1) is 0 Å². The summed E-state index contributed by atoms with van der Waals surface area (Å²) in [5.74, 6) is 3.14. The molecule has 1 N–H and O–H groups in total. The Morgan fingerprint density at radius 2 is 1.86 bits per heavy atom. The van der Waals surface area contributed by atoms with Gasteiger partial charge in [0.05, 0.1) is 17.6 Å². The van der Waals surface area contributed by atoms with Gasteiger partial charge in [-0.25, -0.2) is 4.98 Å². The van der Waals surface area contributed by atoms with Crippen LogP contribution >= 0.6 is 0 Å². The zero-order valence-corrected chi connectivity index (χ0v) is 23.1. The Bertz CT molecular complexity index is 1140. The van der Waals surface area contributed by atoms with Gasteiger partial charge in [-0.2, -0.15) is 0 Å². The summed E-state index contributed by atoms with van der Waals surface area (Å²) in [7, 11) is 0. The van der Waals surface area contributed by atoms with Crippen molar-refractivity contribution in [2.24, 2.45) is 5.92 Å². The molecule has 0 radical (unpaired) electrons. The van der Waals surface area contributed by atoms with Crippen LogP contribution in [-0.2, 0) is 17.8 Å². The van der Waals surface area contributed by atoms with Gasteiger partial charge in [0.2, 0.25) is 5.91 Å². The van der Waals surface area contributed by atoms with Crippen molar-refractivity contribution in [3.63, 3.8) is 0 Å². The van der Waals surface area contributed by atoms with E-state index in [2.05, 4.69) is 73.1 Å². The molecule has 0 atom stereocenters. The van der Waals surface area contributed by atoms with Gasteiger partial charge >= 0.3 is 0 Å². The van der Waals surface area contributed by atoms with E-state index in [4.69, 9.17) is 9.72 Å². The van der Waals surface area contributed by atoms with Gasteiger partial charge in [0.1, 0.15) is 11.6 Å². The fraction of sp³-hybridized carbons (Fsp3) is 0.562. The van der Waals surface area contributed by atoms with Gasteiger partial charge in [0, 0.05) is 25.4 Å². The largest absolute Gasteiger partial charge is 0.493 e. The van der Waals surface area contributed by atoms with Gasteiger partial charge < -0.3 is 14.6 Å². The summed E-state index contributed by atoms with van der Waals surface area (Å²) < 4.78 is 8.63. The lowest BCUT2D eigenvalue weighted by molar-refractivity contribution is -0.125. The average Bonchev–Trinajstić information content (AvgIpc) is 3.26. The van der Waals surface area contributed by atoms with Crippen molar-refractivity contribution < 1.29 is 9.53 Å². The number of fused-ring (bicyclic) bond motifs is 1. The second-order valence-corrected chi connectivity index (χ2v) is 11.0. The van der Waals surface area contributed by atoms with Crippen molar-refractivity contribution in [2.45, 2.75) is 97.4 Å². The molecule has 1 aromatic heterocycles. The van der Waals surface area contributed by atoms with Crippen molar-refractivity contribution in [3.8, 4) is 5.75 Å². The first-order valence-corrected chi connectivity index (χ1v) is 14.5. The molecule has 1 fully saturated rings. The van der Waals surface area contributed by atoms with Crippen LogP contribution in [0.15, 0.2) is 42.5 Å². The second kappa shape index (κ2) is 13.6. The molecule has 4 rings (SSSR count). The molecule has 3 aromatic rings. The Hall–Kier alpha value is -2.82. The summed E-state index contributed by atoms with van der Waals surface area (Å²) in [6, 6.07) is 14.9. The molecule has 0 saturated heterocycles. The number of hydrogen-bond acceptors (Lipinski definition) is 3. The van der Waals surface area contributed by atoms with E-state index >= 15 is 0 Å². The predicted molar refractivity (Wildman–Crippen MR) is 152 cm³/mol. The minimum Gasteiger partial charge on any atom is -0.493 e. The molecule has 5 heteroatoms. The maximum atomic E-state index is 12.3. The highest BCUT2D eigenvalue weighted by Gasteiger charge is 2.20. The van der Waals surface area contributed by atoms with Crippen LogP contribution in [0.25, 0.3) is 11.0 Å². The van der Waals surface area contributed by atoms with Gasteiger partial charge in [-0.05, 0) is 74.3 Å². The van der Waals surface area contributed by atoms with Crippen LogP contribution in [0.2, 0.25) is 0 Å². The molecule has 2 aromatic carbocycles. The summed E-state index contributed by atoms with van der Waals surface area (Å²) >= 11 is 0. The van der Waals surface area contributed by atoms with Crippen molar-refractivity contribution in [2.75, 3.05) is 13.2 Å². The van der Waals surface area contributed by atoms with Gasteiger partial charge in [-0.1, -0.05) is 63.8 Å². The third-order valence-corrected chi connectivity index (χ3v) is 7.66. The summed E-state index contributed by atoms with van der Waals surface area (Å²) in [4.78, 5) is 17.3. The number of rotatable bonds is 13. The first kappa shape index (κ1) is 27.2. The Labute approximate surface area is 223 Å². The zero-order valence-electron chi connectivity index (χ0n) is 23.1. The summed E-state index contributed by atoms with van der Waals surface area (Å²) in [6.07, 6.45) is 10.9. The maximum absolute atomic E-state index is 12.3. The predicted octanol–water partition coefficient (Wildman–Crippen LogP) is 7.35. The third kappa shape index (κ3) is 7.59. The highest BCUT2D eigenvalue weighted by molar-refractivity contribution is 5.78. The fourth-order valence-electron chi connectivity index (χ4n) is 5.52. The first-order valence-electron chi connectivity index (χ1n) is 14.5. The highest BCUT2D eigenvalue weighted by Crippen LogP contribution is 2.28. The number of unbranched alkanes of at least 4 members (excludes halogenated alkanes) is 2. The second-order valence-electron chi connectivity index (χ2n) is 11.0. The van der Waals surface area contributed by atoms with E-state index in [0.717, 1.165) is 75.1 Å². The van der Waals surface area contributed by atoms with Crippen LogP contribution in [0.5, 0.6) is 5.75 Å². The van der Waals surface area contributed by atoms with Crippen LogP contribution < -0.4 is 10.1 Å². The van der Waals surface area contributed by atoms with E-state index in [1.165, 1.54) is 35.9 Å². The van der Waals surface area contributed by atoms with Crippen LogP contribution in [0, 0.1) is 12.8 Å². The Morgan fingerprint density at radius 1 is 1.05 bits per heavy atom. The monoisotopic (exact) mass is 503 g/mol. The highest BCUT2D eigenvalue weighted by atomic mass is 16.5. The fourth-order valence-corrected chi connectivity index (χ4v) is 5.52. The SMILES string of the molecule is Cc1ccc(C(C)C)c(OCCCn2c(CCCCCNC(=O)C3CCCCC3)nc3ccccc32)c1. The number of carbonyl (C=O) groups excluding carboxylic acids is 1. The topological polar surface area (TPSA) is 56.1 Å². The van der Waals surface area contributed by atoms with Crippen LogP contribution in [0.1, 0.15) is 94.5 Å². The van der Waals surface area contributed by atoms with E-state index in [-0.39, 0.29) is 11.8 Å². The van der Waals surface area contributed by atoms with E-state index in [9.17, 15) is 4.79 Å². The normalized spacial score (nSPS) is 14.4. The standard InChI is InChI=1S/C32H45N3O2/c1-24(2)27-19-18-25(3)23-30(27)37-22-12-21-35-29-16-10-9-15-28(29)34-31(35)17-8-5-11-20-33-32(36)26-13-6-4-7-14-26/h9-10,15-16,18-19,23-24,26H,4-8,11-14,17,20-22H2,1-3H3,(H,33,36). The lowest BCUT2D eigenvalue weighted by Crippen LogP contribution is -2.32. The number of carbonyl (C=O) groups is 1. The lowest BCUT2D eigenvalue weighted by atomic mass is 9.89. The van der Waals surface area contributed by atoms with Crippen LogP contribution in [-0.4, -0.2) is 28.6 Å². The molecule has 5 nitrogen and oxygen atoms in total. The average molecular weight is 504 g/mol. The molecule has 1 heterocycles. The number of amides is 1. The van der Waals surface area contributed by atoms with E-state index in [1.807, 2.05) is 0 Å². The number of imidazole rings is 1. The Kier molecular flexibility index (Phi) is 10.0. The summed E-state index contributed by atoms with van der Waals surface area (Å²) in [5, 5.41) is 3.17. The molecule has 0 bridgehead atoms. The molecule has 1 amide bonds. The molecule has 0 aliphatic heterocycles. The molecule has 1 aliphatic rings. The quantitative estimate of drug-likeness (QED) is 0.248. The smallest absolute Gasteiger partial charge is 0.223 e. The number of nitrogens with zero attached hydrogens (tertiary/aromatic N) is 2. The van der Waals surface area contributed by atoms with Crippen molar-refractivity contribution >= 4 is 16.9 Å². The molecule has 0 spiro atoms. The third-order valence-electron chi connectivity index (χ3n) is 7.66. The van der Waals surface area contributed by atoms with E-state index in [1.54, 1.807) is 0 Å². The number of aryl methyl sites for hydroxylation is 3. The number of aromatic nitrogens is 2. The van der Waals surface area contributed by atoms with Gasteiger partial charge in [0.25, 0.3) is 0 Å². The lowest BCUT2D eigenvalue weighted by Gasteiger charge is -2.20. The minimum absolute atomic E-state index is 0.250. The Balaban J connectivity index is 1.26. The zero-order chi connectivity index (χ0) is 26.0. The molecular formula is C32H45N3O2. The minimum atomic E-state index is 0.250. The van der Waals surface area contributed by atoms with Crippen molar-refractivity contribution in [1.29, 1.82) is 0 Å². The molecule has 37 heavy (non-hydrogen) atoms. The molecule has 1 aliphatic carbocycles. The van der Waals surface area contributed by atoms with Gasteiger partial charge in [0.15, 0.2) is 0 Å². The van der Waals surface area contributed by atoms with E-state index < -0.39 is 0 Å². The summed E-state index contributed by atoms with van der Waals surface area (Å²) in [6.45, 7) is 8.93. The molecular weight excluding hydrogens is 458 g/mol. The molecule has 0 unspecified atom stereocenters. The van der Waals surface area contributed by atoms with Gasteiger partial charge in [-0.3, -0.25) is 4.79 Å². The summed E-state index contributed by atoms with van der Waals surface area (Å²) in [5.41, 5.74) is 4.78. The van der Waals surface area contributed by atoms with Crippen LogP contribution in [0.3, 0.4) is 0 Å². The van der Waals surface area contributed by atoms with E-state index in [0.29, 0.717) is 12.5 Å². The van der Waals surface area contributed by atoms with Crippen molar-refractivity contribution in [3.05, 3.63) is 59.4 Å². The number of ether oxygens (including phenoxy) is 1. The number of hydrogen-bond donors (Lipinski definition) is 1. The number of nitrogens with one attached hydrogen (secondary N) is 1. The van der Waals surface area contributed by atoms with Crippen LogP contribution in [0.4, 0.5) is 0 Å². The van der Waals surface area contributed by atoms with Crippen molar-refractivity contribution in [1.82, 2.24) is 14.9 Å². The first-order chi connectivity index (χ1) is 18.0. The maximum Gasteiger partial charge on any atom is 0.223 e. The number of benzene rings is 2. The molecule has 1 saturated carbocycles. The Morgan fingerprint density at radius 3 is 2.68 bits per heavy atom. The number of para-hydroxylation sites is 2. The molecule has 200 valence electrons.